The van der Waals surface area contributed by atoms with Crippen LogP contribution >= 0.6 is 11.3 Å². The van der Waals surface area contributed by atoms with Gasteiger partial charge in [0.25, 0.3) is 0 Å². The number of aryl methyl sites for hydroxylation is 1. The molecule has 0 N–H and O–H groups in total. The molecule has 1 aromatic carbocycles. The van der Waals surface area contributed by atoms with E-state index in [4.69, 9.17) is 8.83 Å². The second-order valence-corrected chi connectivity index (χ2v) is 5.53. The predicted octanol–water partition coefficient (Wildman–Crippen LogP) is 5.76. The minimum Gasteiger partial charge on any atom is -0.462 e. The summed E-state index contributed by atoms with van der Waals surface area (Å²) in [4.78, 5) is 4.57. The third-order valence-corrected chi connectivity index (χ3v) is 4.02. The van der Waals surface area contributed by atoms with E-state index in [1.165, 1.54) is 5.56 Å². The number of nitrogens with zero attached hydrogens (tertiary/aromatic N) is 1. The first kappa shape index (κ1) is 13.6. The Morgan fingerprint density at radius 2 is 2.00 bits per heavy atom. The van der Waals surface area contributed by atoms with E-state index in [-0.39, 0.29) is 7.43 Å². The fourth-order valence-corrected chi connectivity index (χ4v) is 2.94. The lowest BCUT2D eigenvalue weighted by Gasteiger charge is -1.90. The van der Waals surface area contributed by atoms with Gasteiger partial charge in [-0.15, -0.1) is 11.3 Å². The van der Waals surface area contributed by atoms with Crippen molar-refractivity contribution < 1.29 is 8.83 Å². The van der Waals surface area contributed by atoms with Gasteiger partial charge in [0.15, 0.2) is 16.5 Å². The topological polar surface area (TPSA) is 39.2 Å². The summed E-state index contributed by atoms with van der Waals surface area (Å²) >= 11 is 1.55. The van der Waals surface area contributed by atoms with Crippen molar-refractivity contribution in [3.63, 3.8) is 0 Å². The van der Waals surface area contributed by atoms with E-state index in [1.54, 1.807) is 17.6 Å². The molecule has 0 unspecified atom stereocenters. The van der Waals surface area contributed by atoms with Crippen LogP contribution in [-0.2, 0) is 0 Å². The van der Waals surface area contributed by atoms with E-state index in [9.17, 15) is 0 Å². The van der Waals surface area contributed by atoms with Crippen molar-refractivity contribution in [2.45, 2.75) is 14.4 Å². The maximum absolute atomic E-state index is 5.88. The molecule has 0 radical (unpaired) electrons. The molecule has 0 saturated carbocycles. The van der Waals surface area contributed by atoms with Crippen LogP contribution in [0.5, 0.6) is 0 Å². The van der Waals surface area contributed by atoms with Crippen molar-refractivity contribution in [1.29, 1.82) is 0 Å². The molecule has 4 heteroatoms. The van der Waals surface area contributed by atoms with Crippen molar-refractivity contribution in [3.05, 3.63) is 53.6 Å². The smallest absolute Gasteiger partial charge is 0.162 e. The maximum atomic E-state index is 5.88. The molecule has 0 aliphatic rings. The summed E-state index contributed by atoms with van der Waals surface area (Å²) in [7, 11) is 0. The largest absolute Gasteiger partial charge is 0.462 e. The molecule has 4 aromatic rings. The number of furan rings is 2. The van der Waals surface area contributed by atoms with E-state index < -0.39 is 0 Å². The molecule has 106 valence electrons. The second kappa shape index (κ2) is 5.22. The lowest BCUT2D eigenvalue weighted by atomic mass is 10.2. The molecule has 0 saturated heterocycles. The average Bonchev–Trinajstić information content (AvgIpc) is 3.17. The van der Waals surface area contributed by atoms with Gasteiger partial charge in [-0.2, -0.15) is 0 Å². The first-order valence-electron chi connectivity index (χ1n) is 6.29. The minimum absolute atomic E-state index is 0. The first-order chi connectivity index (χ1) is 9.79. The highest BCUT2D eigenvalue weighted by molar-refractivity contribution is 7.13. The molecule has 0 aliphatic carbocycles. The van der Waals surface area contributed by atoms with Gasteiger partial charge in [0.2, 0.25) is 0 Å². The Bertz CT molecular complexity index is 871. The number of rotatable bonds is 2. The van der Waals surface area contributed by atoms with Crippen molar-refractivity contribution in [1.82, 2.24) is 4.98 Å². The van der Waals surface area contributed by atoms with Crippen molar-refractivity contribution in [2.24, 2.45) is 0 Å². The standard InChI is InChI=1S/C16H11NO2S.CH4/c1-10-4-5-11-8-15(19-14(11)7-10)12-9-20-16(17-12)13-3-2-6-18-13;/h2-9H,1H3;1H4. The van der Waals surface area contributed by atoms with Crippen LogP contribution in [0.2, 0.25) is 0 Å². The van der Waals surface area contributed by atoms with Gasteiger partial charge in [-0.3, -0.25) is 0 Å². The highest BCUT2D eigenvalue weighted by atomic mass is 32.1. The van der Waals surface area contributed by atoms with Gasteiger partial charge in [0.1, 0.15) is 11.3 Å². The Kier molecular flexibility index (Phi) is 3.39. The van der Waals surface area contributed by atoms with E-state index in [2.05, 4.69) is 24.0 Å². The van der Waals surface area contributed by atoms with Crippen molar-refractivity contribution >= 4 is 22.3 Å². The minimum atomic E-state index is 0. The summed E-state index contributed by atoms with van der Waals surface area (Å²) in [6.45, 7) is 2.06. The number of aromatic nitrogens is 1. The molecule has 3 aromatic heterocycles. The first-order valence-corrected chi connectivity index (χ1v) is 7.17. The fourth-order valence-electron chi connectivity index (χ4n) is 2.16. The number of benzene rings is 1. The van der Waals surface area contributed by atoms with Crippen LogP contribution in [0.25, 0.3) is 33.2 Å². The van der Waals surface area contributed by atoms with Gasteiger partial charge in [0, 0.05) is 10.8 Å². The average molecular weight is 297 g/mol. The van der Waals surface area contributed by atoms with Crippen LogP contribution in [-0.4, -0.2) is 4.98 Å². The van der Waals surface area contributed by atoms with Crippen LogP contribution in [0.1, 0.15) is 13.0 Å². The van der Waals surface area contributed by atoms with Gasteiger partial charge < -0.3 is 8.83 Å². The van der Waals surface area contributed by atoms with E-state index in [0.717, 1.165) is 33.2 Å². The molecule has 0 spiro atoms. The van der Waals surface area contributed by atoms with E-state index in [0.29, 0.717) is 0 Å². The normalized spacial score (nSPS) is 10.7. The number of thiazole rings is 1. The molecule has 0 atom stereocenters. The second-order valence-electron chi connectivity index (χ2n) is 4.67. The number of hydrogen-bond donors (Lipinski definition) is 0. The molecular formula is C17H15NO2S. The van der Waals surface area contributed by atoms with Crippen LogP contribution in [0.3, 0.4) is 0 Å². The van der Waals surface area contributed by atoms with Crippen LogP contribution in [0.4, 0.5) is 0 Å². The SMILES string of the molecule is C.Cc1ccc2cc(-c3csc(-c4ccco4)n3)oc2c1. The predicted molar refractivity (Wildman–Crippen MR) is 86.5 cm³/mol. The fraction of sp³-hybridized carbons (Fsp3) is 0.118. The summed E-state index contributed by atoms with van der Waals surface area (Å²) in [5.41, 5.74) is 2.93. The molecule has 4 rings (SSSR count). The highest BCUT2D eigenvalue weighted by Gasteiger charge is 2.12. The third kappa shape index (κ3) is 2.38. The lowest BCUT2D eigenvalue weighted by molar-refractivity contribution is 0.581. The monoisotopic (exact) mass is 297 g/mol. The summed E-state index contributed by atoms with van der Waals surface area (Å²) in [6, 6.07) is 12.0. The summed E-state index contributed by atoms with van der Waals surface area (Å²) in [6.07, 6.45) is 1.65. The zero-order chi connectivity index (χ0) is 13.5. The zero-order valence-electron chi connectivity index (χ0n) is 10.8. The summed E-state index contributed by atoms with van der Waals surface area (Å²) in [5, 5.41) is 3.95. The maximum Gasteiger partial charge on any atom is 0.162 e. The molecule has 0 fully saturated rings. The zero-order valence-corrected chi connectivity index (χ0v) is 11.6. The van der Waals surface area contributed by atoms with E-state index >= 15 is 0 Å². The third-order valence-electron chi connectivity index (χ3n) is 3.16. The molecular weight excluding hydrogens is 282 g/mol. The lowest BCUT2D eigenvalue weighted by Crippen LogP contribution is -1.74. The number of fused-ring (bicyclic) bond motifs is 1. The molecule has 3 heterocycles. The van der Waals surface area contributed by atoms with Gasteiger partial charge in [0.05, 0.1) is 6.26 Å². The van der Waals surface area contributed by atoms with Crippen LogP contribution < -0.4 is 0 Å². The number of hydrogen-bond acceptors (Lipinski definition) is 4. The Hall–Kier alpha value is -2.33. The molecule has 0 aliphatic heterocycles. The van der Waals surface area contributed by atoms with Gasteiger partial charge in [-0.25, -0.2) is 4.98 Å². The Morgan fingerprint density at radius 3 is 2.81 bits per heavy atom. The van der Waals surface area contributed by atoms with Gasteiger partial charge in [-0.1, -0.05) is 19.6 Å². The summed E-state index contributed by atoms with van der Waals surface area (Å²) in [5.74, 6) is 1.58. The van der Waals surface area contributed by atoms with Crippen LogP contribution in [0.15, 0.2) is 56.9 Å². The summed E-state index contributed by atoms with van der Waals surface area (Å²) < 4.78 is 11.2. The Morgan fingerprint density at radius 1 is 1.10 bits per heavy atom. The van der Waals surface area contributed by atoms with E-state index in [1.807, 2.05) is 29.6 Å². The van der Waals surface area contributed by atoms with Crippen molar-refractivity contribution in [3.8, 4) is 22.2 Å². The van der Waals surface area contributed by atoms with Gasteiger partial charge >= 0.3 is 0 Å². The molecule has 0 amide bonds. The molecule has 21 heavy (non-hydrogen) atoms. The van der Waals surface area contributed by atoms with Gasteiger partial charge in [-0.05, 0) is 36.8 Å². The highest BCUT2D eigenvalue weighted by Crippen LogP contribution is 2.32. The molecule has 3 nitrogen and oxygen atoms in total. The van der Waals surface area contributed by atoms with Crippen molar-refractivity contribution in [2.75, 3.05) is 0 Å². The Balaban J connectivity index is 0.00000132. The van der Waals surface area contributed by atoms with Crippen LogP contribution in [0, 0.1) is 6.92 Å². The molecule has 0 bridgehead atoms. The quantitative estimate of drug-likeness (QED) is 0.472. The Labute approximate surface area is 126 Å².